The summed E-state index contributed by atoms with van der Waals surface area (Å²) in [6, 6.07) is 0. The number of aliphatic imine (C=N–C) groups is 1. The second kappa shape index (κ2) is 23.1. The lowest BCUT2D eigenvalue weighted by atomic mass is 10.1. The van der Waals surface area contributed by atoms with Gasteiger partial charge in [0.15, 0.2) is 12.2 Å². The molecule has 0 aliphatic carbocycles. The highest BCUT2D eigenvalue weighted by Crippen LogP contribution is 2.30. The van der Waals surface area contributed by atoms with E-state index < -0.39 is 66.7 Å². The Bertz CT molecular complexity index is 1290. The molecular formula is C33H47N3O17. The van der Waals surface area contributed by atoms with Crippen LogP contribution in [0.5, 0.6) is 0 Å². The Hall–Kier alpha value is -4.69. The van der Waals surface area contributed by atoms with Crippen LogP contribution in [0.15, 0.2) is 41.4 Å². The zero-order chi connectivity index (χ0) is 39.5. The van der Waals surface area contributed by atoms with Crippen molar-refractivity contribution in [3.05, 3.63) is 36.5 Å². The molecule has 0 saturated carbocycles. The number of isocyanates is 1. The summed E-state index contributed by atoms with van der Waals surface area (Å²) in [6.45, 7) is 15.9. The Morgan fingerprint density at radius 1 is 0.642 bits per heavy atom. The summed E-state index contributed by atoms with van der Waals surface area (Å²) >= 11 is 0. The number of alkyl carbamates (subject to hydrolysis) is 2. The number of nitrogens with one attached hydrogen (secondary N) is 2. The van der Waals surface area contributed by atoms with E-state index >= 15 is 0 Å². The number of amides is 2. The molecule has 4 rings (SSSR count). The van der Waals surface area contributed by atoms with E-state index in [1.54, 1.807) is 6.92 Å². The normalized spacial score (nSPS) is 25.9. The van der Waals surface area contributed by atoms with Crippen LogP contribution in [-0.4, -0.2) is 161 Å². The Labute approximate surface area is 305 Å². The van der Waals surface area contributed by atoms with E-state index in [1.807, 2.05) is 0 Å². The third-order valence-corrected chi connectivity index (χ3v) is 7.24. The highest BCUT2D eigenvalue weighted by Gasteiger charge is 2.51. The molecule has 2 amide bonds. The highest BCUT2D eigenvalue weighted by molar-refractivity contribution is 5.87. The highest BCUT2D eigenvalue weighted by atomic mass is 16.7. The van der Waals surface area contributed by atoms with Crippen LogP contribution < -0.4 is 10.6 Å². The first-order valence-corrected chi connectivity index (χ1v) is 16.4. The third kappa shape index (κ3) is 15.4. The molecule has 4 N–H and O–H groups in total. The van der Waals surface area contributed by atoms with Crippen LogP contribution >= 0.6 is 0 Å². The first-order chi connectivity index (χ1) is 25.2. The number of carbonyl (C=O) groups is 5. The van der Waals surface area contributed by atoms with Gasteiger partial charge in [-0.25, -0.2) is 33.8 Å². The molecule has 4 aliphatic rings. The molecule has 4 heterocycles. The van der Waals surface area contributed by atoms with Crippen LogP contribution in [0.1, 0.15) is 20.8 Å². The predicted molar refractivity (Wildman–Crippen MR) is 178 cm³/mol. The summed E-state index contributed by atoms with van der Waals surface area (Å²) < 4.78 is 46.2. The molecule has 0 radical (unpaired) electrons. The minimum atomic E-state index is -0.722. The maximum absolute atomic E-state index is 11.9. The second-order valence-corrected chi connectivity index (χ2v) is 11.8. The number of hydrogen-bond donors (Lipinski definition) is 4. The molecule has 4 aliphatic heterocycles. The van der Waals surface area contributed by atoms with E-state index in [-0.39, 0.29) is 89.2 Å². The van der Waals surface area contributed by atoms with Gasteiger partial charge in [-0.2, -0.15) is 0 Å². The Kier molecular flexibility index (Phi) is 19.4. The van der Waals surface area contributed by atoms with E-state index in [2.05, 4.69) is 40.1 Å². The molecule has 296 valence electrons. The van der Waals surface area contributed by atoms with Crippen molar-refractivity contribution in [2.45, 2.75) is 69.6 Å². The molecule has 8 unspecified atom stereocenters. The summed E-state index contributed by atoms with van der Waals surface area (Å²) in [4.78, 5) is 69.7. The monoisotopic (exact) mass is 757 g/mol. The van der Waals surface area contributed by atoms with E-state index in [0.29, 0.717) is 5.57 Å². The number of hydrogen-bond acceptors (Lipinski definition) is 18. The van der Waals surface area contributed by atoms with Gasteiger partial charge in [-0.3, -0.25) is 0 Å². The van der Waals surface area contributed by atoms with Gasteiger partial charge in [0.2, 0.25) is 6.08 Å². The molecule has 0 spiro atoms. The van der Waals surface area contributed by atoms with Crippen molar-refractivity contribution in [3.8, 4) is 0 Å². The van der Waals surface area contributed by atoms with Gasteiger partial charge >= 0.3 is 30.1 Å². The Morgan fingerprint density at radius 2 is 1.00 bits per heavy atom. The van der Waals surface area contributed by atoms with Crippen molar-refractivity contribution < 1.29 is 81.6 Å². The van der Waals surface area contributed by atoms with E-state index in [1.165, 1.54) is 19.9 Å². The van der Waals surface area contributed by atoms with Gasteiger partial charge < -0.3 is 63.5 Å². The molecule has 20 nitrogen and oxygen atoms in total. The number of carbonyl (C=O) groups excluding carboxylic acids is 6. The van der Waals surface area contributed by atoms with Gasteiger partial charge in [0.05, 0.1) is 46.1 Å². The fraction of sp³-hybridized carbons (Fsp3) is 0.636. The Morgan fingerprint density at radius 3 is 1.36 bits per heavy atom. The summed E-state index contributed by atoms with van der Waals surface area (Å²) in [7, 11) is 0. The predicted octanol–water partition coefficient (Wildman–Crippen LogP) is -0.840. The van der Waals surface area contributed by atoms with Gasteiger partial charge in [-0.1, -0.05) is 19.7 Å². The lowest BCUT2D eigenvalue weighted by Crippen LogP contribution is -2.40. The maximum atomic E-state index is 11.9. The van der Waals surface area contributed by atoms with Crippen molar-refractivity contribution in [2.75, 3.05) is 65.9 Å². The van der Waals surface area contributed by atoms with E-state index in [9.17, 15) is 28.8 Å². The SMILES string of the molecule is C=C(C)C(=O)OCCN=C=O.C=C(C)C(=O)OCCNC(=O)OC1COC2C(OC(=O)NCCOC(=O)C(=C)C)COC12.OC1COC2C(O)COC12. The van der Waals surface area contributed by atoms with Crippen molar-refractivity contribution in [1.82, 2.24) is 10.6 Å². The average Bonchev–Trinajstić information content (AvgIpc) is 3.89. The topological polar surface area (TPSA) is 262 Å². The number of aliphatic hydroxyl groups excluding tert-OH is 2. The fourth-order valence-electron chi connectivity index (χ4n) is 4.64. The Balaban J connectivity index is 0.000000372. The number of ether oxygens (including phenoxy) is 9. The minimum absolute atomic E-state index is 0.0259. The zero-order valence-corrected chi connectivity index (χ0v) is 29.8. The van der Waals surface area contributed by atoms with Crippen LogP contribution in [0.2, 0.25) is 0 Å². The van der Waals surface area contributed by atoms with Crippen LogP contribution in [-0.2, 0) is 61.8 Å². The first-order valence-electron chi connectivity index (χ1n) is 16.4. The number of rotatable bonds is 14. The van der Waals surface area contributed by atoms with Gasteiger partial charge in [-0.05, 0) is 20.8 Å². The number of esters is 3. The van der Waals surface area contributed by atoms with Gasteiger partial charge in [0.1, 0.15) is 56.4 Å². The molecule has 8 atom stereocenters. The molecule has 4 saturated heterocycles. The molecule has 0 aromatic heterocycles. The summed E-state index contributed by atoms with van der Waals surface area (Å²) in [6.07, 6.45) is -4.35. The maximum Gasteiger partial charge on any atom is 0.407 e. The smallest absolute Gasteiger partial charge is 0.407 e. The van der Waals surface area contributed by atoms with Crippen LogP contribution in [0, 0.1) is 0 Å². The second-order valence-electron chi connectivity index (χ2n) is 11.8. The summed E-state index contributed by atoms with van der Waals surface area (Å²) in [5.74, 6) is -1.56. The number of aliphatic hydroxyl groups is 2. The van der Waals surface area contributed by atoms with Crippen molar-refractivity contribution in [3.63, 3.8) is 0 Å². The first kappa shape index (κ1) is 44.5. The van der Waals surface area contributed by atoms with Crippen LogP contribution in [0.3, 0.4) is 0 Å². The molecule has 4 fully saturated rings. The summed E-state index contributed by atoms with van der Waals surface area (Å²) in [5.41, 5.74) is 0.855. The largest absolute Gasteiger partial charge is 0.460 e. The van der Waals surface area contributed by atoms with Crippen LogP contribution in [0.25, 0.3) is 0 Å². The van der Waals surface area contributed by atoms with Crippen molar-refractivity contribution >= 4 is 36.2 Å². The quantitative estimate of drug-likeness (QED) is 0.0420. The van der Waals surface area contributed by atoms with Crippen LogP contribution in [0.4, 0.5) is 9.59 Å². The number of fused-ring (bicyclic) bond motifs is 2. The third-order valence-electron chi connectivity index (χ3n) is 7.24. The lowest BCUT2D eigenvalue weighted by Gasteiger charge is -2.17. The van der Waals surface area contributed by atoms with Gasteiger partial charge in [-0.15, -0.1) is 0 Å². The molecule has 0 bridgehead atoms. The van der Waals surface area contributed by atoms with Crippen molar-refractivity contribution in [2.24, 2.45) is 4.99 Å². The standard InChI is InChI=1S/C20H28N2O10.C7H9NO3.C6H10O4/c1-11(2)17(23)27-7-5-21-19(25)31-13-9-29-16-14(10-30-15(13)16)32-20(26)22-6-8-28-18(24)12(3)4;1-6(2)7(10)11-4-3-8-5-9;7-3-1-9-6-4(8)2-10-5(3)6/h13-16H,1,3,5-10H2,2,4H3,(H,21,25)(H,22,26);1,3-4H2,2H3;3-8H,1-2H2. The zero-order valence-electron chi connectivity index (χ0n) is 29.8. The van der Waals surface area contributed by atoms with Gasteiger partial charge in [0.25, 0.3) is 0 Å². The number of nitrogens with zero attached hydrogens (tertiary/aromatic N) is 1. The van der Waals surface area contributed by atoms with Crippen molar-refractivity contribution in [1.29, 1.82) is 0 Å². The van der Waals surface area contributed by atoms with E-state index in [4.69, 9.17) is 48.1 Å². The molecule has 0 aromatic carbocycles. The molecule has 53 heavy (non-hydrogen) atoms. The molecule has 20 heteroatoms. The van der Waals surface area contributed by atoms with Gasteiger partial charge in [0, 0.05) is 16.7 Å². The fourth-order valence-corrected chi connectivity index (χ4v) is 4.64. The summed E-state index contributed by atoms with van der Waals surface area (Å²) in [5, 5.41) is 23.2. The average molecular weight is 758 g/mol. The molecule has 0 aromatic rings. The minimum Gasteiger partial charge on any atom is -0.460 e. The lowest BCUT2D eigenvalue weighted by molar-refractivity contribution is -0.139. The van der Waals surface area contributed by atoms with E-state index in [0.717, 1.165) is 0 Å². The molecular weight excluding hydrogens is 710 g/mol.